The van der Waals surface area contributed by atoms with Gasteiger partial charge in [-0.15, -0.1) is 0 Å². The first kappa shape index (κ1) is 15.6. The quantitative estimate of drug-likeness (QED) is 0.666. The van der Waals surface area contributed by atoms with Gasteiger partial charge in [-0.2, -0.15) is 13.2 Å². The summed E-state index contributed by atoms with van der Waals surface area (Å²) in [5.41, 5.74) is 4.49. The highest BCUT2D eigenvalue weighted by Gasteiger charge is 2.35. The van der Waals surface area contributed by atoms with Gasteiger partial charge in [-0.25, -0.2) is 0 Å². The van der Waals surface area contributed by atoms with Gasteiger partial charge in [0.25, 0.3) is 0 Å². The molecule has 7 heteroatoms. The van der Waals surface area contributed by atoms with Crippen molar-refractivity contribution in [3.8, 4) is 0 Å². The Balaban J connectivity index is 2.40. The highest BCUT2D eigenvalue weighted by molar-refractivity contribution is 5.97. The zero-order valence-electron chi connectivity index (χ0n) is 11.9. The van der Waals surface area contributed by atoms with Crippen molar-refractivity contribution in [2.24, 2.45) is 5.73 Å². The number of likely N-dealkylation sites (N-methyl/N-ethyl adjacent to an activating group) is 1. The molecule has 4 nitrogen and oxygen atoms in total. The summed E-state index contributed by atoms with van der Waals surface area (Å²) in [7, 11) is 1.75. The van der Waals surface area contributed by atoms with Crippen LogP contribution >= 0.6 is 0 Å². The molecule has 0 aromatic heterocycles. The number of alkyl halides is 3. The summed E-state index contributed by atoms with van der Waals surface area (Å²) in [5, 5.41) is 7.28. The lowest BCUT2D eigenvalue weighted by Crippen LogP contribution is -2.37. The predicted octanol–water partition coefficient (Wildman–Crippen LogP) is 2.60. The summed E-state index contributed by atoms with van der Waals surface area (Å²) in [6.07, 6.45) is -3.81. The van der Waals surface area contributed by atoms with Gasteiger partial charge < -0.3 is 15.4 Å². The zero-order valence-corrected chi connectivity index (χ0v) is 11.9. The first-order valence-electron chi connectivity index (χ1n) is 6.62. The molecule has 0 amide bonds. The molecule has 1 aliphatic heterocycles. The average Bonchev–Trinajstić information content (AvgIpc) is 2.82. The fourth-order valence-corrected chi connectivity index (χ4v) is 2.64. The van der Waals surface area contributed by atoms with Crippen molar-refractivity contribution in [1.82, 2.24) is 0 Å². The Labute approximate surface area is 121 Å². The van der Waals surface area contributed by atoms with Gasteiger partial charge in [0.15, 0.2) is 0 Å². The number of nitrogen functional groups attached to an aromatic ring is 1. The number of hydrogen-bond donors (Lipinski definition) is 2. The Morgan fingerprint density at radius 1 is 1.43 bits per heavy atom. The van der Waals surface area contributed by atoms with E-state index in [9.17, 15) is 13.2 Å². The van der Waals surface area contributed by atoms with Crippen LogP contribution in [-0.4, -0.2) is 31.6 Å². The van der Waals surface area contributed by atoms with Crippen molar-refractivity contribution < 1.29 is 17.9 Å². The first-order valence-corrected chi connectivity index (χ1v) is 6.62. The van der Waals surface area contributed by atoms with Gasteiger partial charge >= 0.3 is 6.18 Å². The third kappa shape index (κ3) is 3.12. The molecule has 2 rings (SSSR count). The number of nitrogens with two attached hydrogens (primary N) is 1. The molecule has 1 heterocycles. The largest absolute Gasteiger partial charge is 0.417 e. The third-order valence-electron chi connectivity index (χ3n) is 3.84. The number of nitrogens with one attached hydrogen (secondary N) is 1. The number of hydrogen-bond acceptors (Lipinski definition) is 3. The number of ether oxygens (including phenoxy) is 1. The predicted molar refractivity (Wildman–Crippen MR) is 74.7 cm³/mol. The summed E-state index contributed by atoms with van der Waals surface area (Å²) < 4.78 is 44.8. The smallest absolute Gasteiger partial charge is 0.384 e. The van der Waals surface area contributed by atoms with Crippen molar-refractivity contribution >= 4 is 11.5 Å². The number of rotatable bonds is 3. The molecule has 116 valence electrons. The highest BCUT2D eigenvalue weighted by Crippen LogP contribution is 2.35. The van der Waals surface area contributed by atoms with Gasteiger partial charge in [0.1, 0.15) is 5.84 Å². The molecule has 0 aliphatic carbocycles. The molecule has 1 aliphatic rings. The lowest BCUT2D eigenvalue weighted by atomic mass is 10.0. The maximum Gasteiger partial charge on any atom is 0.417 e. The van der Waals surface area contributed by atoms with Gasteiger partial charge in [-0.1, -0.05) is 0 Å². The second-order valence-corrected chi connectivity index (χ2v) is 5.18. The van der Waals surface area contributed by atoms with E-state index in [1.54, 1.807) is 18.0 Å². The number of anilines is 1. The van der Waals surface area contributed by atoms with Crippen molar-refractivity contribution in [3.63, 3.8) is 0 Å². The van der Waals surface area contributed by atoms with E-state index in [0.29, 0.717) is 12.3 Å². The lowest BCUT2D eigenvalue weighted by Gasteiger charge is -2.29. The van der Waals surface area contributed by atoms with E-state index in [0.717, 1.165) is 12.5 Å². The molecule has 1 fully saturated rings. The molecule has 1 saturated heterocycles. The van der Waals surface area contributed by atoms with Crippen LogP contribution in [0.25, 0.3) is 0 Å². The van der Waals surface area contributed by atoms with Crippen LogP contribution in [0.5, 0.6) is 0 Å². The Morgan fingerprint density at radius 3 is 2.57 bits per heavy atom. The normalized spacial score (nSPS) is 22.3. The Hall–Kier alpha value is -1.76. The van der Waals surface area contributed by atoms with Crippen LogP contribution in [0.2, 0.25) is 0 Å². The molecule has 0 radical (unpaired) electrons. The van der Waals surface area contributed by atoms with E-state index in [1.165, 1.54) is 6.07 Å². The minimum Gasteiger partial charge on any atom is -0.384 e. The monoisotopic (exact) mass is 301 g/mol. The SMILES string of the molecule is CC1OCCC1N(C)c1ccc(C(=N)N)c(C(F)(F)F)c1. The molecular formula is C14H18F3N3O. The van der Waals surface area contributed by atoms with Crippen LogP contribution in [0.1, 0.15) is 24.5 Å². The lowest BCUT2D eigenvalue weighted by molar-refractivity contribution is -0.137. The molecule has 21 heavy (non-hydrogen) atoms. The van der Waals surface area contributed by atoms with Crippen molar-refractivity contribution in [2.45, 2.75) is 31.7 Å². The maximum absolute atomic E-state index is 13.1. The van der Waals surface area contributed by atoms with E-state index >= 15 is 0 Å². The topological polar surface area (TPSA) is 62.3 Å². The number of halogens is 3. The van der Waals surface area contributed by atoms with E-state index < -0.39 is 17.6 Å². The molecule has 2 unspecified atom stereocenters. The summed E-state index contributed by atoms with van der Waals surface area (Å²) in [5.74, 6) is -0.589. The van der Waals surface area contributed by atoms with Gasteiger partial charge in [-0.3, -0.25) is 5.41 Å². The minimum atomic E-state index is -4.55. The van der Waals surface area contributed by atoms with Gasteiger partial charge in [0.05, 0.1) is 17.7 Å². The summed E-state index contributed by atoms with van der Waals surface area (Å²) in [6, 6.07) is 3.88. The van der Waals surface area contributed by atoms with Crippen LogP contribution in [0, 0.1) is 5.41 Å². The number of benzene rings is 1. The second-order valence-electron chi connectivity index (χ2n) is 5.18. The van der Waals surface area contributed by atoms with E-state index in [1.807, 2.05) is 6.92 Å². The molecule has 0 bridgehead atoms. The zero-order chi connectivity index (χ0) is 15.8. The van der Waals surface area contributed by atoms with Crippen LogP contribution in [0.15, 0.2) is 18.2 Å². The van der Waals surface area contributed by atoms with E-state index in [-0.39, 0.29) is 17.7 Å². The van der Waals surface area contributed by atoms with Crippen molar-refractivity contribution in [1.29, 1.82) is 5.41 Å². The van der Waals surface area contributed by atoms with E-state index in [4.69, 9.17) is 15.9 Å². The highest BCUT2D eigenvalue weighted by atomic mass is 19.4. The Bertz CT molecular complexity index is 545. The minimum absolute atomic E-state index is 0.0307. The van der Waals surface area contributed by atoms with Crippen LogP contribution in [-0.2, 0) is 10.9 Å². The van der Waals surface area contributed by atoms with Gasteiger partial charge in [0.2, 0.25) is 0 Å². The molecule has 0 spiro atoms. The Morgan fingerprint density at radius 2 is 2.10 bits per heavy atom. The van der Waals surface area contributed by atoms with Crippen LogP contribution in [0.4, 0.5) is 18.9 Å². The molecule has 3 N–H and O–H groups in total. The van der Waals surface area contributed by atoms with Crippen LogP contribution < -0.4 is 10.6 Å². The number of amidine groups is 1. The molecule has 0 saturated carbocycles. The second kappa shape index (κ2) is 5.55. The summed E-state index contributed by atoms with van der Waals surface area (Å²) >= 11 is 0. The first-order chi connectivity index (χ1) is 9.71. The molecule has 1 aromatic carbocycles. The van der Waals surface area contributed by atoms with Crippen LogP contribution in [0.3, 0.4) is 0 Å². The van der Waals surface area contributed by atoms with E-state index in [2.05, 4.69) is 0 Å². The fourth-order valence-electron chi connectivity index (χ4n) is 2.64. The fraction of sp³-hybridized carbons (Fsp3) is 0.500. The summed E-state index contributed by atoms with van der Waals surface area (Å²) in [6.45, 7) is 2.51. The standard InChI is InChI=1S/C14H18F3N3O/c1-8-12(5-6-21-8)20(2)9-3-4-10(13(18)19)11(7-9)14(15,16)17/h3-4,7-8,12H,5-6H2,1-2H3,(H3,18,19). The summed E-state index contributed by atoms with van der Waals surface area (Å²) in [4.78, 5) is 1.79. The molecule has 1 aromatic rings. The average molecular weight is 301 g/mol. The maximum atomic E-state index is 13.1. The Kier molecular flexibility index (Phi) is 4.13. The van der Waals surface area contributed by atoms with Gasteiger partial charge in [0, 0.05) is 24.9 Å². The number of nitrogens with zero attached hydrogens (tertiary/aromatic N) is 1. The van der Waals surface area contributed by atoms with Crippen molar-refractivity contribution in [2.75, 3.05) is 18.6 Å². The van der Waals surface area contributed by atoms with Crippen molar-refractivity contribution in [3.05, 3.63) is 29.3 Å². The third-order valence-corrected chi connectivity index (χ3v) is 3.84. The molecular weight excluding hydrogens is 283 g/mol. The van der Waals surface area contributed by atoms with Gasteiger partial charge in [-0.05, 0) is 31.5 Å². The molecule has 2 atom stereocenters.